The molecule has 5 nitrogen and oxygen atoms in total. The van der Waals surface area contributed by atoms with Gasteiger partial charge in [-0.3, -0.25) is 0 Å². The van der Waals surface area contributed by atoms with Gasteiger partial charge >= 0.3 is 0 Å². The molecule has 0 bridgehead atoms. The highest BCUT2D eigenvalue weighted by Gasteiger charge is 2.24. The lowest BCUT2D eigenvalue weighted by Gasteiger charge is -2.08. The van der Waals surface area contributed by atoms with E-state index in [1.165, 1.54) is 0 Å². The summed E-state index contributed by atoms with van der Waals surface area (Å²) in [5, 5.41) is 7.71. The molecule has 1 aromatic carbocycles. The van der Waals surface area contributed by atoms with Crippen LogP contribution >= 0.6 is 0 Å². The highest BCUT2D eigenvalue weighted by Crippen LogP contribution is 2.33. The molecule has 0 fully saturated rings. The number of ether oxygens (including phenoxy) is 1. The fraction of sp³-hybridized carbons (Fsp3) is 0.143. The van der Waals surface area contributed by atoms with Crippen LogP contribution in [0, 0.1) is 0 Å². The summed E-state index contributed by atoms with van der Waals surface area (Å²) in [5.74, 6) is 1.56. The molecule has 1 unspecified atom stereocenters. The number of aromatic nitrogens is 3. The first-order valence-electron chi connectivity index (χ1n) is 6.20. The Balaban J connectivity index is 1.65. The van der Waals surface area contributed by atoms with Crippen molar-refractivity contribution in [1.29, 1.82) is 0 Å². The number of nitrogens with one attached hydrogen (secondary N) is 1. The highest BCUT2D eigenvalue weighted by atomic mass is 16.5. The van der Waals surface area contributed by atoms with Crippen LogP contribution in [0.25, 0.3) is 5.65 Å². The summed E-state index contributed by atoms with van der Waals surface area (Å²) in [7, 11) is 0. The Morgan fingerprint density at radius 1 is 1.16 bits per heavy atom. The molecule has 1 aliphatic rings. The van der Waals surface area contributed by atoms with Crippen molar-refractivity contribution in [3.8, 4) is 5.75 Å². The first kappa shape index (κ1) is 10.4. The summed E-state index contributed by atoms with van der Waals surface area (Å²) in [6.45, 7) is 0.606. The van der Waals surface area contributed by atoms with Gasteiger partial charge in [0.1, 0.15) is 12.4 Å². The number of anilines is 1. The zero-order valence-electron chi connectivity index (χ0n) is 10.2. The SMILES string of the molecule is c1ccc2c(c1)OCC2Nc1nc2ccccn2n1. The molecule has 0 radical (unpaired) electrons. The third-order valence-electron chi connectivity index (χ3n) is 3.24. The van der Waals surface area contributed by atoms with Gasteiger partial charge in [-0.2, -0.15) is 4.98 Å². The Morgan fingerprint density at radius 3 is 3.00 bits per heavy atom. The van der Waals surface area contributed by atoms with E-state index in [1.807, 2.05) is 42.6 Å². The molecular formula is C14H12N4O. The lowest BCUT2D eigenvalue weighted by molar-refractivity contribution is 0.339. The zero-order chi connectivity index (χ0) is 12.7. The maximum atomic E-state index is 5.63. The highest BCUT2D eigenvalue weighted by molar-refractivity contribution is 5.47. The van der Waals surface area contributed by atoms with E-state index in [0.29, 0.717) is 12.6 Å². The van der Waals surface area contributed by atoms with Crippen LogP contribution in [0.3, 0.4) is 0 Å². The Hall–Kier alpha value is -2.56. The van der Waals surface area contributed by atoms with Crippen LogP contribution in [0.1, 0.15) is 11.6 Å². The zero-order valence-corrected chi connectivity index (χ0v) is 10.2. The number of para-hydroxylation sites is 1. The van der Waals surface area contributed by atoms with Crippen LogP contribution in [-0.4, -0.2) is 21.2 Å². The number of pyridine rings is 1. The summed E-state index contributed by atoms with van der Waals surface area (Å²) in [4.78, 5) is 4.43. The number of benzene rings is 1. The molecule has 4 rings (SSSR count). The Kier molecular flexibility index (Phi) is 2.17. The fourth-order valence-electron chi connectivity index (χ4n) is 2.33. The van der Waals surface area contributed by atoms with Gasteiger partial charge in [0.15, 0.2) is 5.65 Å². The molecule has 3 heterocycles. The van der Waals surface area contributed by atoms with E-state index < -0.39 is 0 Å². The van der Waals surface area contributed by atoms with Gasteiger partial charge in [0.2, 0.25) is 5.95 Å². The molecular weight excluding hydrogens is 240 g/mol. The standard InChI is InChI=1S/C14H12N4O/c1-2-6-12-10(5-1)11(9-19-12)15-14-16-13-7-3-4-8-18(13)17-14/h1-8,11H,9H2,(H,15,17). The summed E-state index contributed by atoms with van der Waals surface area (Å²) < 4.78 is 7.39. The molecule has 1 N–H and O–H groups in total. The molecule has 1 aliphatic heterocycles. The number of nitrogens with zero attached hydrogens (tertiary/aromatic N) is 3. The average Bonchev–Trinajstić information content (AvgIpc) is 3.03. The minimum atomic E-state index is 0.105. The Labute approximate surface area is 109 Å². The predicted molar refractivity (Wildman–Crippen MR) is 71.3 cm³/mol. The maximum absolute atomic E-state index is 5.63. The quantitative estimate of drug-likeness (QED) is 0.760. The van der Waals surface area contributed by atoms with Crippen LogP contribution in [0.4, 0.5) is 5.95 Å². The second kappa shape index (κ2) is 3.98. The van der Waals surface area contributed by atoms with E-state index in [4.69, 9.17) is 4.74 Å². The number of rotatable bonds is 2. The third-order valence-corrected chi connectivity index (χ3v) is 3.24. The van der Waals surface area contributed by atoms with Crippen molar-refractivity contribution in [3.05, 3.63) is 54.2 Å². The van der Waals surface area contributed by atoms with Crippen molar-refractivity contribution in [2.75, 3.05) is 11.9 Å². The Morgan fingerprint density at radius 2 is 2.05 bits per heavy atom. The molecule has 0 saturated heterocycles. The molecule has 3 aromatic rings. The van der Waals surface area contributed by atoms with Crippen molar-refractivity contribution in [3.63, 3.8) is 0 Å². The molecule has 5 heteroatoms. The molecule has 0 saturated carbocycles. The molecule has 0 aliphatic carbocycles. The van der Waals surface area contributed by atoms with Crippen LogP contribution in [-0.2, 0) is 0 Å². The first-order chi connectivity index (χ1) is 9.40. The van der Waals surface area contributed by atoms with Gasteiger partial charge in [0.05, 0.1) is 6.04 Å². The Bertz CT molecular complexity index is 704. The molecule has 2 aromatic heterocycles. The van der Waals surface area contributed by atoms with Crippen molar-refractivity contribution < 1.29 is 4.74 Å². The summed E-state index contributed by atoms with van der Waals surface area (Å²) in [6, 6.07) is 13.9. The van der Waals surface area contributed by atoms with Crippen molar-refractivity contribution in [1.82, 2.24) is 14.6 Å². The van der Waals surface area contributed by atoms with Crippen LogP contribution in [0.5, 0.6) is 5.75 Å². The maximum Gasteiger partial charge on any atom is 0.243 e. The second-order valence-electron chi connectivity index (χ2n) is 4.48. The van der Waals surface area contributed by atoms with Gasteiger partial charge in [0.25, 0.3) is 0 Å². The average molecular weight is 252 g/mol. The van der Waals surface area contributed by atoms with Gasteiger partial charge in [-0.05, 0) is 18.2 Å². The van der Waals surface area contributed by atoms with E-state index in [-0.39, 0.29) is 6.04 Å². The monoisotopic (exact) mass is 252 g/mol. The van der Waals surface area contributed by atoms with Crippen LogP contribution in [0.2, 0.25) is 0 Å². The fourth-order valence-corrected chi connectivity index (χ4v) is 2.33. The predicted octanol–water partition coefficient (Wildman–Crippen LogP) is 2.27. The molecule has 0 spiro atoms. The van der Waals surface area contributed by atoms with E-state index in [1.54, 1.807) is 4.52 Å². The van der Waals surface area contributed by atoms with Gasteiger partial charge in [0, 0.05) is 11.8 Å². The number of fused-ring (bicyclic) bond motifs is 2. The molecule has 94 valence electrons. The van der Waals surface area contributed by atoms with Gasteiger partial charge in [-0.15, -0.1) is 5.10 Å². The normalized spacial score (nSPS) is 17.2. The minimum Gasteiger partial charge on any atom is -0.491 e. The molecule has 1 atom stereocenters. The largest absolute Gasteiger partial charge is 0.491 e. The van der Waals surface area contributed by atoms with Crippen molar-refractivity contribution in [2.45, 2.75) is 6.04 Å². The summed E-state index contributed by atoms with van der Waals surface area (Å²) >= 11 is 0. The number of hydrogen-bond donors (Lipinski definition) is 1. The van der Waals surface area contributed by atoms with Crippen LogP contribution in [0.15, 0.2) is 48.7 Å². The minimum absolute atomic E-state index is 0.105. The van der Waals surface area contributed by atoms with E-state index in [9.17, 15) is 0 Å². The molecule has 0 amide bonds. The van der Waals surface area contributed by atoms with E-state index in [0.717, 1.165) is 17.0 Å². The third kappa shape index (κ3) is 1.71. The summed E-state index contributed by atoms with van der Waals surface area (Å²) in [5.41, 5.74) is 1.98. The lowest BCUT2D eigenvalue weighted by Crippen LogP contribution is -2.12. The first-order valence-corrected chi connectivity index (χ1v) is 6.20. The summed E-state index contributed by atoms with van der Waals surface area (Å²) in [6.07, 6.45) is 1.88. The van der Waals surface area contributed by atoms with Crippen LogP contribution < -0.4 is 10.1 Å². The van der Waals surface area contributed by atoms with Crippen molar-refractivity contribution >= 4 is 11.6 Å². The van der Waals surface area contributed by atoms with Gasteiger partial charge < -0.3 is 10.1 Å². The van der Waals surface area contributed by atoms with Gasteiger partial charge in [-0.1, -0.05) is 24.3 Å². The topological polar surface area (TPSA) is 51.5 Å². The van der Waals surface area contributed by atoms with E-state index >= 15 is 0 Å². The van der Waals surface area contributed by atoms with Crippen molar-refractivity contribution in [2.24, 2.45) is 0 Å². The lowest BCUT2D eigenvalue weighted by atomic mass is 10.1. The second-order valence-corrected chi connectivity index (χ2v) is 4.48. The smallest absolute Gasteiger partial charge is 0.243 e. The van der Waals surface area contributed by atoms with E-state index in [2.05, 4.69) is 21.5 Å². The molecule has 19 heavy (non-hydrogen) atoms. The van der Waals surface area contributed by atoms with Gasteiger partial charge in [-0.25, -0.2) is 4.52 Å². The number of hydrogen-bond acceptors (Lipinski definition) is 4.